The number of hydrogen-bond donors (Lipinski definition) is 1. The Balaban J connectivity index is 1.97. The molecule has 0 aliphatic rings. The van der Waals surface area contributed by atoms with Gasteiger partial charge in [0.05, 0.1) is 22.3 Å². The molecule has 2 rings (SSSR count). The fourth-order valence-electron chi connectivity index (χ4n) is 1.79. The number of hydrogen-bond acceptors (Lipinski definition) is 5. The van der Waals surface area contributed by atoms with Gasteiger partial charge in [-0.1, -0.05) is 29.3 Å². The summed E-state index contributed by atoms with van der Waals surface area (Å²) in [6.07, 6.45) is 1.50. The van der Waals surface area contributed by atoms with E-state index in [0.717, 1.165) is 0 Å². The molecule has 24 heavy (non-hydrogen) atoms. The number of amides is 1. The molecule has 0 aliphatic heterocycles. The quantitative estimate of drug-likeness (QED) is 0.788. The van der Waals surface area contributed by atoms with E-state index >= 15 is 0 Å². The van der Waals surface area contributed by atoms with Crippen LogP contribution < -0.4 is 10.1 Å². The van der Waals surface area contributed by atoms with Crippen molar-refractivity contribution in [2.45, 2.75) is 6.92 Å². The number of carbonyl (C=O) groups excluding carboxylic acids is 2. The first-order chi connectivity index (χ1) is 11.5. The summed E-state index contributed by atoms with van der Waals surface area (Å²) in [6, 6.07) is 7.90. The van der Waals surface area contributed by atoms with Gasteiger partial charge in [0.25, 0.3) is 5.91 Å². The Hall–Kier alpha value is -2.31. The van der Waals surface area contributed by atoms with Crippen LogP contribution in [0.5, 0.6) is 5.88 Å². The maximum atomic E-state index is 12.0. The van der Waals surface area contributed by atoms with Crippen LogP contribution in [-0.4, -0.2) is 30.1 Å². The summed E-state index contributed by atoms with van der Waals surface area (Å²) in [6.45, 7) is 1.64. The topological polar surface area (TPSA) is 77.5 Å². The second kappa shape index (κ2) is 8.52. The van der Waals surface area contributed by atoms with Crippen LogP contribution in [0.4, 0.5) is 5.69 Å². The summed E-state index contributed by atoms with van der Waals surface area (Å²) < 4.78 is 10.2. The standard InChI is InChI=1S/C16H14Cl2N2O4/c1-2-23-15-10(5-4-8-19-15)16(22)24-9-13(21)20-12-7-3-6-11(17)14(12)18/h3-8H,2,9H2,1H3,(H,20,21). The van der Waals surface area contributed by atoms with Gasteiger partial charge < -0.3 is 14.8 Å². The van der Waals surface area contributed by atoms with Crippen molar-refractivity contribution < 1.29 is 19.1 Å². The minimum atomic E-state index is -0.709. The molecule has 0 fully saturated rings. The first kappa shape index (κ1) is 18.0. The van der Waals surface area contributed by atoms with E-state index in [1.165, 1.54) is 12.3 Å². The first-order valence-corrected chi connectivity index (χ1v) is 7.77. The van der Waals surface area contributed by atoms with E-state index in [0.29, 0.717) is 17.3 Å². The number of nitrogens with one attached hydrogen (secondary N) is 1. The predicted molar refractivity (Wildman–Crippen MR) is 90.8 cm³/mol. The predicted octanol–water partition coefficient (Wildman–Crippen LogP) is 3.58. The monoisotopic (exact) mass is 368 g/mol. The molecule has 1 aromatic heterocycles. The van der Waals surface area contributed by atoms with Crippen LogP contribution in [0.1, 0.15) is 17.3 Å². The molecule has 0 saturated carbocycles. The van der Waals surface area contributed by atoms with Crippen LogP contribution >= 0.6 is 23.2 Å². The normalized spacial score (nSPS) is 10.1. The van der Waals surface area contributed by atoms with Crippen molar-refractivity contribution in [3.8, 4) is 5.88 Å². The van der Waals surface area contributed by atoms with Gasteiger partial charge >= 0.3 is 5.97 Å². The highest BCUT2D eigenvalue weighted by Gasteiger charge is 2.17. The number of nitrogens with zero attached hydrogens (tertiary/aromatic N) is 1. The van der Waals surface area contributed by atoms with Crippen molar-refractivity contribution in [3.63, 3.8) is 0 Å². The number of halogens is 2. The van der Waals surface area contributed by atoms with Crippen molar-refractivity contribution >= 4 is 40.8 Å². The summed E-state index contributed by atoms with van der Waals surface area (Å²) in [7, 11) is 0. The first-order valence-electron chi connectivity index (χ1n) is 7.01. The number of anilines is 1. The summed E-state index contributed by atoms with van der Waals surface area (Å²) in [5.74, 6) is -1.10. The molecule has 0 bridgehead atoms. The van der Waals surface area contributed by atoms with Crippen molar-refractivity contribution in [3.05, 3.63) is 52.1 Å². The Morgan fingerprint density at radius 1 is 1.21 bits per heavy atom. The molecule has 1 amide bonds. The third-order valence-corrected chi connectivity index (χ3v) is 3.65. The molecule has 0 unspecified atom stereocenters. The lowest BCUT2D eigenvalue weighted by Crippen LogP contribution is -2.21. The van der Waals surface area contributed by atoms with Crippen molar-refractivity contribution in [1.29, 1.82) is 0 Å². The molecule has 1 aromatic carbocycles. The largest absolute Gasteiger partial charge is 0.477 e. The number of benzene rings is 1. The average Bonchev–Trinajstić information content (AvgIpc) is 2.58. The number of pyridine rings is 1. The zero-order chi connectivity index (χ0) is 17.5. The molecule has 0 saturated heterocycles. The summed E-state index contributed by atoms with van der Waals surface area (Å²) in [4.78, 5) is 27.9. The van der Waals surface area contributed by atoms with E-state index in [4.69, 9.17) is 32.7 Å². The molecule has 1 heterocycles. The summed E-state index contributed by atoms with van der Waals surface area (Å²) in [5.41, 5.74) is 0.481. The lowest BCUT2D eigenvalue weighted by molar-refractivity contribution is -0.119. The fourth-order valence-corrected chi connectivity index (χ4v) is 2.14. The van der Waals surface area contributed by atoms with Crippen LogP contribution in [0.2, 0.25) is 10.0 Å². The highest BCUT2D eigenvalue weighted by Crippen LogP contribution is 2.29. The van der Waals surface area contributed by atoms with E-state index in [-0.39, 0.29) is 16.5 Å². The SMILES string of the molecule is CCOc1ncccc1C(=O)OCC(=O)Nc1cccc(Cl)c1Cl. The molecule has 0 aliphatic carbocycles. The third-order valence-electron chi connectivity index (χ3n) is 2.83. The molecule has 126 valence electrons. The maximum Gasteiger partial charge on any atom is 0.344 e. The van der Waals surface area contributed by atoms with Gasteiger partial charge in [-0.15, -0.1) is 0 Å². The number of aromatic nitrogens is 1. The van der Waals surface area contributed by atoms with Gasteiger partial charge in [0, 0.05) is 6.20 Å². The van der Waals surface area contributed by atoms with Crippen LogP contribution in [0.25, 0.3) is 0 Å². The van der Waals surface area contributed by atoms with Crippen molar-refractivity contribution in [2.24, 2.45) is 0 Å². The Kier molecular flexibility index (Phi) is 6.40. The number of ether oxygens (including phenoxy) is 2. The van der Waals surface area contributed by atoms with Crippen molar-refractivity contribution in [2.75, 3.05) is 18.5 Å². The van der Waals surface area contributed by atoms with Gasteiger partial charge in [0.15, 0.2) is 6.61 Å². The lowest BCUT2D eigenvalue weighted by Gasteiger charge is -2.10. The molecule has 0 radical (unpaired) electrons. The number of esters is 1. The van der Waals surface area contributed by atoms with Crippen LogP contribution in [-0.2, 0) is 9.53 Å². The molecule has 6 nitrogen and oxygen atoms in total. The second-order valence-corrected chi connectivity index (χ2v) is 5.30. The Morgan fingerprint density at radius 2 is 2.00 bits per heavy atom. The molecule has 2 aromatic rings. The summed E-state index contributed by atoms with van der Waals surface area (Å²) in [5, 5.41) is 3.04. The number of rotatable bonds is 6. The summed E-state index contributed by atoms with van der Waals surface area (Å²) >= 11 is 11.8. The highest BCUT2D eigenvalue weighted by molar-refractivity contribution is 6.44. The molecule has 1 N–H and O–H groups in total. The van der Waals surface area contributed by atoms with Crippen LogP contribution in [0, 0.1) is 0 Å². The Labute approximate surface area is 148 Å². The second-order valence-electron chi connectivity index (χ2n) is 4.51. The maximum absolute atomic E-state index is 12.0. The zero-order valence-corrected chi connectivity index (χ0v) is 14.2. The van der Waals surface area contributed by atoms with Crippen molar-refractivity contribution in [1.82, 2.24) is 4.98 Å². The van der Waals surface area contributed by atoms with Crippen LogP contribution in [0.3, 0.4) is 0 Å². The van der Waals surface area contributed by atoms with Gasteiger partial charge in [-0.3, -0.25) is 4.79 Å². The van der Waals surface area contributed by atoms with E-state index in [2.05, 4.69) is 10.3 Å². The average molecular weight is 369 g/mol. The zero-order valence-electron chi connectivity index (χ0n) is 12.7. The van der Waals surface area contributed by atoms with E-state index in [1.807, 2.05) is 0 Å². The van der Waals surface area contributed by atoms with Gasteiger partial charge in [-0.05, 0) is 31.2 Å². The molecular formula is C16H14Cl2N2O4. The molecule has 0 atom stereocenters. The molecular weight excluding hydrogens is 355 g/mol. The highest BCUT2D eigenvalue weighted by atomic mass is 35.5. The third kappa shape index (κ3) is 4.59. The van der Waals surface area contributed by atoms with E-state index < -0.39 is 18.5 Å². The number of carbonyl (C=O) groups is 2. The van der Waals surface area contributed by atoms with E-state index in [9.17, 15) is 9.59 Å². The lowest BCUT2D eigenvalue weighted by atomic mass is 10.3. The smallest absolute Gasteiger partial charge is 0.344 e. The molecule has 8 heteroatoms. The minimum Gasteiger partial charge on any atom is -0.477 e. The van der Waals surface area contributed by atoms with Gasteiger partial charge in [0.2, 0.25) is 5.88 Å². The minimum absolute atomic E-state index is 0.146. The van der Waals surface area contributed by atoms with E-state index in [1.54, 1.807) is 31.2 Å². The van der Waals surface area contributed by atoms with Gasteiger partial charge in [0.1, 0.15) is 5.56 Å². The Bertz CT molecular complexity index is 753. The Morgan fingerprint density at radius 3 is 2.75 bits per heavy atom. The van der Waals surface area contributed by atoms with Gasteiger partial charge in [-0.2, -0.15) is 0 Å². The van der Waals surface area contributed by atoms with Crippen LogP contribution in [0.15, 0.2) is 36.5 Å². The molecule has 0 spiro atoms. The fraction of sp³-hybridized carbons (Fsp3) is 0.188. The van der Waals surface area contributed by atoms with Gasteiger partial charge in [-0.25, -0.2) is 9.78 Å².